The standard InChI is InChI=1S/C19H27N3O4/c23-12-17-16(22-19(25)14-1-2-14)4-3-15(26-17)7-10-21-18(24)11-13-5-8-20-9-6-13/h5-6,8-9,14-17,23H,1-4,7,10-12H2,(H,21,24)(H,22,25)/t15-,16+,17+/m0/s1. The fraction of sp³-hybridized carbons (Fsp3) is 0.632. The number of nitrogens with one attached hydrogen (secondary N) is 2. The Morgan fingerprint density at radius 3 is 2.65 bits per heavy atom. The van der Waals surface area contributed by atoms with E-state index < -0.39 is 0 Å². The molecule has 2 amide bonds. The minimum absolute atomic E-state index is 0.0116. The fourth-order valence-corrected chi connectivity index (χ4v) is 3.28. The summed E-state index contributed by atoms with van der Waals surface area (Å²) in [5, 5.41) is 15.5. The average molecular weight is 361 g/mol. The number of pyridine rings is 1. The lowest BCUT2D eigenvalue weighted by Gasteiger charge is -2.36. The van der Waals surface area contributed by atoms with Crippen molar-refractivity contribution in [3.8, 4) is 0 Å². The minimum atomic E-state index is -0.371. The summed E-state index contributed by atoms with van der Waals surface area (Å²) in [6.07, 6.45) is 7.52. The molecule has 0 aromatic carbocycles. The van der Waals surface area contributed by atoms with Gasteiger partial charge in [0.25, 0.3) is 0 Å². The Balaban J connectivity index is 1.36. The van der Waals surface area contributed by atoms with Crippen LogP contribution in [0.25, 0.3) is 0 Å². The Morgan fingerprint density at radius 2 is 1.96 bits per heavy atom. The average Bonchev–Trinajstić information content (AvgIpc) is 3.49. The summed E-state index contributed by atoms with van der Waals surface area (Å²) in [6, 6.07) is 3.53. The number of amides is 2. The highest BCUT2D eigenvalue weighted by atomic mass is 16.5. The van der Waals surface area contributed by atoms with E-state index in [0.29, 0.717) is 19.4 Å². The Bertz CT molecular complexity index is 606. The molecule has 7 nitrogen and oxygen atoms in total. The van der Waals surface area contributed by atoms with Gasteiger partial charge in [-0.05, 0) is 49.8 Å². The maximum atomic E-state index is 12.0. The van der Waals surface area contributed by atoms with Crippen LogP contribution in [-0.4, -0.2) is 53.3 Å². The van der Waals surface area contributed by atoms with E-state index in [9.17, 15) is 14.7 Å². The molecule has 0 unspecified atom stereocenters. The number of hydrogen-bond acceptors (Lipinski definition) is 5. The highest BCUT2D eigenvalue weighted by molar-refractivity contribution is 5.81. The topological polar surface area (TPSA) is 101 Å². The van der Waals surface area contributed by atoms with E-state index in [1.54, 1.807) is 12.4 Å². The van der Waals surface area contributed by atoms with E-state index >= 15 is 0 Å². The zero-order valence-corrected chi connectivity index (χ0v) is 14.9. The third-order valence-corrected chi connectivity index (χ3v) is 4.97. The van der Waals surface area contributed by atoms with E-state index in [-0.39, 0.29) is 42.6 Å². The maximum absolute atomic E-state index is 12.0. The van der Waals surface area contributed by atoms with Gasteiger partial charge in [0.15, 0.2) is 0 Å². The number of hydrogen-bond donors (Lipinski definition) is 3. The summed E-state index contributed by atoms with van der Waals surface area (Å²) in [5.41, 5.74) is 0.931. The summed E-state index contributed by atoms with van der Waals surface area (Å²) in [5.74, 6) is 0.210. The van der Waals surface area contributed by atoms with Gasteiger partial charge in [-0.15, -0.1) is 0 Å². The van der Waals surface area contributed by atoms with Crippen molar-refractivity contribution in [3.05, 3.63) is 30.1 Å². The van der Waals surface area contributed by atoms with E-state index in [0.717, 1.165) is 31.2 Å². The number of aliphatic hydroxyl groups is 1. The van der Waals surface area contributed by atoms with E-state index in [1.807, 2.05) is 12.1 Å². The Morgan fingerprint density at radius 1 is 1.19 bits per heavy atom. The summed E-state index contributed by atoms with van der Waals surface area (Å²) < 4.78 is 5.93. The number of carbonyl (C=O) groups is 2. The fourth-order valence-electron chi connectivity index (χ4n) is 3.28. The number of ether oxygens (including phenoxy) is 1. The summed E-state index contributed by atoms with van der Waals surface area (Å²) >= 11 is 0. The minimum Gasteiger partial charge on any atom is -0.394 e. The predicted octanol–water partition coefficient (Wildman–Crippen LogP) is 0.565. The molecule has 2 fully saturated rings. The lowest BCUT2D eigenvalue weighted by Crippen LogP contribution is -2.51. The van der Waals surface area contributed by atoms with Crippen LogP contribution in [0.1, 0.15) is 37.7 Å². The van der Waals surface area contributed by atoms with Crippen LogP contribution in [0.5, 0.6) is 0 Å². The second-order valence-corrected chi connectivity index (χ2v) is 7.12. The molecule has 2 aliphatic rings. The Labute approximate surface area is 153 Å². The van der Waals surface area contributed by atoms with Crippen molar-refractivity contribution in [1.29, 1.82) is 0 Å². The van der Waals surface area contributed by atoms with Crippen molar-refractivity contribution in [2.75, 3.05) is 13.2 Å². The van der Waals surface area contributed by atoms with Crippen molar-refractivity contribution in [2.45, 2.75) is 56.8 Å². The second-order valence-electron chi connectivity index (χ2n) is 7.12. The molecule has 26 heavy (non-hydrogen) atoms. The lowest BCUT2D eigenvalue weighted by atomic mass is 9.97. The second kappa shape index (κ2) is 9.09. The molecule has 0 bridgehead atoms. The molecule has 1 aliphatic heterocycles. The SMILES string of the molecule is O=C(Cc1ccncc1)NCC[C@@H]1CC[C@@H](NC(=O)C2CC2)[C@@H](CO)O1. The largest absolute Gasteiger partial charge is 0.394 e. The number of aliphatic hydroxyl groups excluding tert-OH is 1. The van der Waals surface area contributed by atoms with E-state index in [1.165, 1.54) is 0 Å². The molecule has 1 aromatic rings. The molecule has 3 N–H and O–H groups in total. The van der Waals surface area contributed by atoms with Crippen molar-refractivity contribution >= 4 is 11.8 Å². The smallest absolute Gasteiger partial charge is 0.224 e. The van der Waals surface area contributed by atoms with Gasteiger partial charge in [-0.3, -0.25) is 14.6 Å². The highest BCUT2D eigenvalue weighted by Crippen LogP contribution is 2.30. The van der Waals surface area contributed by atoms with Gasteiger partial charge in [0.05, 0.1) is 25.2 Å². The maximum Gasteiger partial charge on any atom is 0.224 e. The van der Waals surface area contributed by atoms with Gasteiger partial charge in [0.1, 0.15) is 6.10 Å². The third-order valence-electron chi connectivity index (χ3n) is 4.97. The molecule has 3 rings (SSSR count). The zero-order chi connectivity index (χ0) is 18.4. The first-order chi connectivity index (χ1) is 12.7. The molecular formula is C19H27N3O4. The van der Waals surface area contributed by atoms with Gasteiger partial charge < -0.3 is 20.5 Å². The van der Waals surface area contributed by atoms with Crippen LogP contribution >= 0.6 is 0 Å². The van der Waals surface area contributed by atoms with Gasteiger partial charge in [0, 0.05) is 24.9 Å². The summed E-state index contributed by atoms with van der Waals surface area (Å²) in [6.45, 7) is 0.423. The van der Waals surface area contributed by atoms with Crippen molar-refractivity contribution in [2.24, 2.45) is 5.92 Å². The molecule has 142 valence electrons. The van der Waals surface area contributed by atoms with Gasteiger partial charge in [-0.25, -0.2) is 0 Å². The highest BCUT2D eigenvalue weighted by Gasteiger charge is 2.36. The van der Waals surface area contributed by atoms with Crippen molar-refractivity contribution in [3.63, 3.8) is 0 Å². The normalized spacial score (nSPS) is 25.5. The molecule has 1 saturated carbocycles. The van der Waals surface area contributed by atoms with Crippen LogP contribution in [0, 0.1) is 5.92 Å². The number of nitrogens with zero attached hydrogens (tertiary/aromatic N) is 1. The van der Waals surface area contributed by atoms with Crippen LogP contribution in [0.4, 0.5) is 0 Å². The van der Waals surface area contributed by atoms with Gasteiger partial charge in [-0.2, -0.15) is 0 Å². The van der Waals surface area contributed by atoms with Crippen LogP contribution < -0.4 is 10.6 Å². The molecule has 7 heteroatoms. The van der Waals surface area contributed by atoms with Gasteiger partial charge in [0.2, 0.25) is 11.8 Å². The molecule has 0 spiro atoms. The summed E-state index contributed by atoms with van der Waals surface area (Å²) in [7, 11) is 0. The first kappa shape index (κ1) is 18.8. The van der Waals surface area contributed by atoms with Crippen molar-refractivity contribution in [1.82, 2.24) is 15.6 Å². The molecule has 1 aromatic heterocycles. The molecule has 1 aliphatic carbocycles. The summed E-state index contributed by atoms with van der Waals surface area (Å²) in [4.78, 5) is 27.8. The van der Waals surface area contributed by atoms with E-state index in [4.69, 9.17) is 4.74 Å². The molecule has 0 radical (unpaired) electrons. The first-order valence-electron chi connectivity index (χ1n) is 9.38. The van der Waals surface area contributed by atoms with Gasteiger partial charge >= 0.3 is 0 Å². The van der Waals surface area contributed by atoms with E-state index in [2.05, 4.69) is 15.6 Å². The van der Waals surface area contributed by atoms with Gasteiger partial charge in [-0.1, -0.05) is 0 Å². The quantitative estimate of drug-likeness (QED) is 0.628. The zero-order valence-electron chi connectivity index (χ0n) is 14.9. The third kappa shape index (κ3) is 5.51. The number of aromatic nitrogens is 1. The molecular weight excluding hydrogens is 334 g/mol. The number of carbonyl (C=O) groups excluding carboxylic acids is 2. The Kier molecular flexibility index (Phi) is 6.57. The predicted molar refractivity (Wildman–Crippen MR) is 95.2 cm³/mol. The monoisotopic (exact) mass is 361 g/mol. The number of rotatable bonds is 8. The van der Waals surface area contributed by atoms with Crippen LogP contribution in [-0.2, 0) is 20.7 Å². The van der Waals surface area contributed by atoms with Crippen molar-refractivity contribution < 1.29 is 19.4 Å². The molecule has 2 heterocycles. The Hall–Kier alpha value is -1.99. The van der Waals surface area contributed by atoms with Crippen LogP contribution in [0.2, 0.25) is 0 Å². The van der Waals surface area contributed by atoms with Crippen LogP contribution in [0.15, 0.2) is 24.5 Å². The lowest BCUT2D eigenvalue weighted by molar-refractivity contribution is -0.130. The van der Waals surface area contributed by atoms with Crippen LogP contribution in [0.3, 0.4) is 0 Å². The molecule has 1 saturated heterocycles. The first-order valence-corrected chi connectivity index (χ1v) is 9.38. The molecule has 3 atom stereocenters.